The lowest BCUT2D eigenvalue weighted by Gasteiger charge is -1.95. The smallest absolute Gasteiger partial charge is 0.345 e. The molecule has 3 heterocycles. The maximum absolute atomic E-state index is 11.6. The summed E-state index contributed by atoms with van der Waals surface area (Å²) in [7, 11) is 0. The zero-order chi connectivity index (χ0) is 9.54. The third-order valence-electron chi connectivity index (χ3n) is 2.38. The van der Waals surface area contributed by atoms with Gasteiger partial charge >= 0.3 is 5.69 Å². The summed E-state index contributed by atoms with van der Waals surface area (Å²) < 4.78 is 13.1. The van der Waals surface area contributed by atoms with Crippen LogP contribution in [0.1, 0.15) is 0 Å². The molecule has 3 rings (SSSR count). The Labute approximate surface area is 80.0 Å². The maximum atomic E-state index is 11.6. The van der Waals surface area contributed by atoms with Crippen LogP contribution in [-0.2, 0) is 22.6 Å². The summed E-state index contributed by atoms with van der Waals surface area (Å²) in [5, 5.41) is 4.01. The van der Waals surface area contributed by atoms with Crippen molar-refractivity contribution in [2.45, 2.75) is 25.3 Å². The quantitative estimate of drug-likeness (QED) is 0.571. The fourth-order valence-electron chi connectivity index (χ4n) is 1.38. The van der Waals surface area contributed by atoms with Gasteiger partial charge in [0.2, 0.25) is 0 Å². The van der Waals surface area contributed by atoms with Crippen LogP contribution in [0, 0.1) is 0 Å². The highest BCUT2D eigenvalue weighted by molar-refractivity contribution is 4.78. The summed E-state index contributed by atoms with van der Waals surface area (Å²) >= 11 is 0. The van der Waals surface area contributed by atoms with Crippen LogP contribution in [0.15, 0.2) is 11.1 Å². The zero-order valence-corrected chi connectivity index (χ0v) is 7.63. The fourth-order valence-corrected chi connectivity index (χ4v) is 1.38. The number of hydrogen-bond acceptors (Lipinski definition) is 4. The topological polar surface area (TPSA) is 64.9 Å². The normalized spacial score (nSPS) is 29.1. The molecule has 6 nitrogen and oxygen atoms in total. The molecule has 1 aromatic heterocycles. The summed E-state index contributed by atoms with van der Waals surface area (Å²) in [5.74, 6) is 0. The monoisotopic (exact) mass is 197 g/mol. The SMILES string of the molecule is O=c1n(CC2CO2)cnn1CC1CO1. The van der Waals surface area contributed by atoms with Crippen molar-refractivity contribution in [2.24, 2.45) is 0 Å². The molecule has 0 N–H and O–H groups in total. The molecule has 2 aliphatic rings. The minimum absolute atomic E-state index is 0.0731. The number of rotatable bonds is 4. The highest BCUT2D eigenvalue weighted by Gasteiger charge is 2.26. The van der Waals surface area contributed by atoms with Crippen LogP contribution < -0.4 is 5.69 Å². The minimum Gasteiger partial charge on any atom is -0.371 e. The van der Waals surface area contributed by atoms with E-state index in [4.69, 9.17) is 9.47 Å². The van der Waals surface area contributed by atoms with Gasteiger partial charge in [0, 0.05) is 0 Å². The molecule has 2 fully saturated rings. The van der Waals surface area contributed by atoms with E-state index in [0.29, 0.717) is 13.1 Å². The summed E-state index contributed by atoms with van der Waals surface area (Å²) in [6.07, 6.45) is 1.96. The second kappa shape index (κ2) is 2.93. The largest absolute Gasteiger partial charge is 0.371 e. The summed E-state index contributed by atoms with van der Waals surface area (Å²) in [5.41, 5.74) is -0.0731. The molecule has 0 aliphatic carbocycles. The van der Waals surface area contributed by atoms with Gasteiger partial charge in [0.05, 0.1) is 32.4 Å². The van der Waals surface area contributed by atoms with Crippen LogP contribution in [0.2, 0.25) is 0 Å². The highest BCUT2D eigenvalue weighted by atomic mass is 16.6. The molecular weight excluding hydrogens is 186 g/mol. The molecule has 76 valence electrons. The van der Waals surface area contributed by atoms with Crippen LogP contribution in [0.4, 0.5) is 0 Å². The first-order chi connectivity index (χ1) is 6.83. The molecule has 14 heavy (non-hydrogen) atoms. The van der Waals surface area contributed by atoms with Gasteiger partial charge < -0.3 is 9.47 Å². The number of nitrogens with zero attached hydrogens (tertiary/aromatic N) is 3. The molecular formula is C8H11N3O3. The van der Waals surface area contributed by atoms with E-state index in [1.54, 1.807) is 10.9 Å². The molecule has 6 heteroatoms. The zero-order valence-electron chi connectivity index (χ0n) is 7.63. The Hall–Kier alpha value is -1.14. The second-order valence-corrected chi connectivity index (χ2v) is 3.66. The second-order valence-electron chi connectivity index (χ2n) is 3.66. The van der Waals surface area contributed by atoms with E-state index >= 15 is 0 Å². The third kappa shape index (κ3) is 1.58. The van der Waals surface area contributed by atoms with Gasteiger partial charge in [0.1, 0.15) is 12.4 Å². The maximum Gasteiger partial charge on any atom is 0.345 e. The molecule has 0 bridgehead atoms. The third-order valence-corrected chi connectivity index (χ3v) is 2.38. The van der Waals surface area contributed by atoms with Gasteiger partial charge in [0.25, 0.3) is 0 Å². The van der Waals surface area contributed by atoms with E-state index in [1.165, 1.54) is 4.68 Å². The van der Waals surface area contributed by atoms with E-state index < -0.39 is 0 Å². The lowest BCUT2D eigenvalue weighted by atomic mass is 10.5. The first-order valence-corrected chi connectivity index (χ1v) is 4.68. The molecule has 0 saturated carbocycles. The number of ether oxygens (including phenoxy) is 2. The van der Waals surface area contributed by atoms with Crippen LogP contribution in [-0.4, -0.2) is 39.8 Å². The summed E-state index contributed by atoms with van der Waals surface area (Å²) in [4.78, 5) is 11.6. The molecule has 2 unspecified atom stereocenters. The first-order valence-electron chi connectivity index (χ1n) is 4.68. The van der Waals surface area contributed by atoms with Gasteiger partial charge in [0.15, 0.2) is 0 Å². The van der Waals surface area contributed by atoms with Crippen LogP contribution in [0.5, 0.6) is 0 Å². The summed E-state index contributed by atoms with van der Waals surface area (Å²) in [6.45, 7) is 2.68. The Morgan fingerprint density at radius 2 is 2.00 bits per heavy atom. The Balaban J connectivity index is 1.75. The highest BCUT2D eigenvalue weighted by Crippen LogP contribution is 2.11. The fraction of sp³-hybridized carbons (Fsp3) is 0.750. The number of hydrogen-bond donors (Lipinski definition) is 0. The standard InChI is InChI=1S/C8H11N3O3/c12-8-10(1-6-3-13-6)5-9-11(8)2-7-4-14-7/h5-7H,1-4H2. The van der Waals surface area contributed by atoms with E-state index in [1.807, 2.05) is 0 Å². The van der Waals surface area contributed by atoms with Crippen molar-refractivity contribution in [3.8, 4) is 0 Å². The van der Waals surface area contributed by atoms with Gasteiger partial charge in [-0.2, -0.15) is 5.10 Å². The Bertz CT molecular complexity index is 354. The van der Waals surface area contributed by atoms with Crippen LogP contribution in [0.25, 0.3) is 0 Å². The van der Waals surface area contributed by atoms with Gasteiger partial charge in [-0.15, -0.1) is 0 Å². The van der Waals surface area contributed by atoms with Crippen molar-refractivity contribution in [3.05, 3.63) is 16.8 Å². The van der Waals surface area contributed by atoms with E-state index in [9.17, 15) is 4.79 Å². The summed E-state index contributed by atoms with van der Waals surface area (Å²) in [6, 6.07) is 0. The molecule has 1 aromatic rings. The van der Waals surface area contributed by atoms with Crippen LogP contribution in [0.3, 0.4) is 0 Å². The molecule has 0 aromatic carbocycles. The van der Waals surface area contributed by atoms with Crippen LogP contribution >= 0.6 is 0 Å². The molecule has 2 aliphatic heterocycles. The van der Waals surface area contributed by atoms with E-state index in [0.717, 1.165) is 13.2 Å². The van der Waals surface area contributed by atoms with Gasteiger partial charge in [-0.3, -0.25) is 4.57 Å². The Morgan fingerprint density at radius 3 is 2.64 bits per heavy atom. The van der Waals surface area contributed by atoms with E-state index in [-0.39, 0.29) is 17.9 Å². The average molecular weight is 197 g/mol. The van der Waals surface area contributed by atoms with E-state index in [2.05, 4.69) is 5.10 Å². The molecule has 2 saturated heterocycles. The molecule has 0 spiro atoms. The predicted molar refractivity (Wildman–Crippen MR) is 46.0 cm³/mol. The minimum atomic E-state index is -0.0731. The Morgan fingerprint density at radius 1 is 1.36 bits per heavy atom. The van der Waals surface area contributed by atoms with Gasteiger partial charge in [-0.25, -0.2) is 9.48 Å². The average Bonchev–Trinajstić information content (AvgIpc) is 3.03. The molecule has 0 amide bonds. The van der Waals surface area contributed by atoms with Crippen molar-refractivity contribution < 1.29 is 9.47 Å². The number of aromatic nitrogens is 3. The number of epoxide rings is 2. The van der Waals surface area contributed by atoms with Crippen molar-refractivity contribution in [1.29, 1.82) is 0 Å². The van der Waals surface area contributed by atoms with Crippen molar-refractivity contribution >= 4 is 0 Å². The molecule has 2 atom stereocenters. The van der Waals surface area contributed by atoms with Crippen molar-refractivity contribution in [2.75, 3.05) is 13.2 Å². The predicted octanol–water partition coefficient (Wildman–Crippen LogP) is -1.16. The first kappa shape index (κ1) is 8.19. The lowest BCUT2D eigenvalue weighted by molar-refractivity contribution is 0.364. The lowest BCUT2D eigenvalue weighted by Crippen LogP contribution is -2.27. The van der Waals surface area contributed by atoms with Crippen molar-refractivity contribution in [3.63, 3.8) is 0 Å². The van der Waals surface area contributed by atoms with Crippen molar-refractivity contribution in [1.82, 2.24) is 14.3 Å². The van der Waals surface area contributed by atoms with Gasteiger partial charge in [-0.1, -0.05) is 0 Å². The molecule has 0 radical (unpaired) electrons. The Kier molecular flexibility index (Phi) is 1.71. The van der Waals surface area contributed by atoms with Gasteiger partial charge in [-0.05, 0) is 0 Å².